The van der Waals surface area contributed by atoms with Crippen LogP contribution < -0.4 is 10.2 Å². The van der Waals surface area contributed by atoms with Gasteiger partial charge in [0.15, 0.2) is 0 Å². The number of nitrogens with zero attached hydrogens (tertiary/aromatic N) is 3. The maximum Gasteiger partial charge on any atom is 0.147 e. The van der Waals surface area contributed by atoms with Crippen LogP contribution in [0.15, 0.2) is 12.4 Å². The minimum absolute atomic E-state index is 0.404. The molecule has 2 aliphatic carbocycles. The Labute approximate surface area is 119 Å². The third kappa shape index (κ3) is 2.52. The van der Waals surface area contributed by atoms with E-state index in [4.69, 9.17) is 4.74 Å². The first kappa shape index (κ1) is 12.5. The summed E-state index contributed by atoms with van der Waals surface area (Å²) in [5, 5.41) is 3.47. The first-order valence-corrected chi connectivity index (χ1v) is 7.83. The molecule has 1 aromatic heterocycles. The number of aromatic nitrogens is 2. The fourth-order valence-corrected chi connectivity index (χ4v) is 3.33. The largest absolute Gasteiger partial charge is 0.374 e. The Morgan fingerprint density at radius 2 is 2.15 bits per heavy atom. The lowest BCUT2D eigenvalue weighted by molar-refractivity contribution is 0.0253. The van der Waals surface area contributed by atoms with Gasteiger partial charge in [0.2, 0.25) is 0 Å². The predicted molar refractivity (Wildman–Crippen MR) is 76.6 cm³/mol. The highest BCUT2D eigenvalue weighted by Crippen LogP contribution is 2.31. The molecule has 2 saturated carbocycles. The average Bonchev–Trinajstić information content (AvgIpc) is 3.20. The van der Waals surface area contributed by atoms with Gasteiger partial charge in [-0.05, 0) is 32.1 Å². The van der Waals surface area contributed by atoms with Crippen molar-refractivity contribution in [3.05, 3.63) is 18.1 Å². The number of hydrogen-bond acceptors (Lipinski definition) is 5. The summed E-state index contributed by atoms with van der Waals surface area (Å²) in [4.78, 5) is 11.6. The lowest BCUT2D eigenvalue weighted by Crippen LogP contribution is -2.49. The van der Waals surface area contributed by atoms with E-state index < -0.39 is 0 Å². The Balaban J connectivity index is 1.44. The first-order chi connectivity index (χ1) is 9.90. The van der Waals surface area contributed by atoms with E-state index in [2.05, 4.69) is 20.2 Å². The molecule has 108 valence electrons. The SMILES string of the molecule is c1nc(N2CCOC3CCCC32)cnc1CNC1CC1. The molecule has 0 radical (unpaired) electrons. The Hall–Kier alpha value is -1.20. The van der Waals surface area contributed by atoms with Gasteiger partial charge in [-0.15, -0.1) is 0 Å². The molecule has 1 N–H and O–H groups in total. The van der Waals surface area contributed by atoms with Gasteiger partial charge in [0.1, 0.15) is 5.82 Å². The van der Waals surface area contributed by atoms with E-state index in [-0.39, 0.29) is 0 Å². The van der Waals surface area contributed by atoms with Crippen molar-refractivity contribution in [2.24, 2.45) is 0 Å². The van der Waals surface area contributed by atoms with Gasteiger partial charge >= 0.3 is 0 Å². The fourth-order valence-electron chi connectivity index (χ4n) is 3.33. The monoisotopic (exact) mass is 274 g/mol. The smallest absolute Gasteiger partial charge is 0.147 e. The van der Waals surface area contributed by atoms with Gasteiger partial charge in [-0.1, -0.05) is 0 Å². The number of nitrogens with one attached hydrogen (secondary N) is 1. The lowest BCUT2D eigenvalue weighted by atomic mass is 10.1. The second-order valence-corrected chi connectivity index (χ2v) is 6.12. The quantitative estimate of drug-likeness (QED) is 0.901. The molecule has 2 atom stereocenters. The van der Waals surface area contributed by atoms with E-state index in [9.17, 15) is 0 Å². The zero-order chi connectivity index (χ0) is 13.4. The molecule has 2 unspecified atom stereocenters. The molecular formula is C15H22N4O. The van der Waals surface area contributed by atoms with Gasteiger partial charge in [-0.2, -0.15) is 0 Å². The number of anilines is 1. The number of ether oxygens (including phenoxy) is 1. The number of morpholine rings is 1. The number of hydrogen-bond donors (Lipinski definition) is 1. The van der Waals surface area contributed by atoms with E-state index in [0.717, 1.165) is 37.3 Å². The molecule has 20 heavy (non-hydrogen) atoms. The molecule has 5 heteroatoms. The maximum atomic E-state index is 5.85. The Morgan fingerprint density at radius 3 is 2.95 bits per heavy atom. The van der Waals surface area contributed by atoms with Gasteiger partial charge in [-0.25, -0.2) is 4.98 Å². The van der Waals surface area contributed by atoms with Crippen LogP contribution in [0.4, 0.5) is 5.82 Å². The maximum absolute atomic E-state index is 5.85. The summed E-state index contributed by atoms with van der Waals surface area (Å²) in [6.45, 7) is 2.59. The minimum Gasteiger partial charge on any atom is -0.374 e. The number of rotatable bonds is 4. The van der Waals surface area contributed by atoms with Crippen LogP contribution in [0, 0.1) is 0 Å². The van der Waals surface area contributed by atoms with E-state index in [1.807, 2.05) is 12.4 Å². The fraction of sp³-hybridized carbons (Fsp3) is 0.733. The van der Waals surface area contributed by atoms with Crippen LogP contribution in [-0.4, -0.2) is 41.3 Å². The molecule has 2 heterocycles. The average molecular weight is 274 g/mol. The topological polar surface area (TPSA) is 50.3 Å². The van der Waals surface area contributed by atoms with Crippen LogP contribution in [0.1, 0.15) is 37.8 Å². The number of fused-ring (bicyclic) bond motifs is 1. The van der Waals surface area contributed by atoms with Crippen molar-refractivity contribution in [3.8, 4) is 0 Å². The third-order valence-corrected chi connectivity index (χ3v) is 4.62. The predicted octanol–water partition coefficient (Wildman–Crippen LogP) is 1.49. The van der Waals surface area contributed by atoms with Crippen molar-refractivity contribution in [2.45, 2.75) is 56.8 Å². The molecule has 0 bridgehead atoms. The van der Waals surface area contributed by atoms with Crippen molar-refractivity contribution >= 4 is 5.82 Å². The normalized spacial score (nSPS) is 29.5. The van der Waals surface area contributed by atoms with E-state index >= 15 is 0 Å². The van der Waals surface area contributed by atoms with Crippen LogP contribution in [-0.2, 0) is 11.3 Å². The second kappa shape index (κ2) is 5.30. The summed E-state index contributed by atoms with van der Waals surface area (Å²) in [6.07, 6.45) is 10.6. The summed E-state index contributed by atoms with van der Waals surface area (Å²) >= 11 is 0. The van der Waals surface area contributed by atoms with Gasteiger partial charge in [0.05, 0.1) is 36.8 Å². The van der Waals surface area contributed by atoms with Crippen LogP contribution in [0.25, 0.3) is 0 Å². The van der Waals surface area contributed by atoms with Crippen molar-refractivity contribution < 1.29 is 4.74 Å². The minimum atomic E-state index is 0.404. The van der Waals surface area contributed by atoms with Crippen LogP contribution >= 0.6 is 0 Å². The van der Waals surface area contributed by atoms with E-state index in [1.54, 1.807) is 0 Å². The van der Waals surface area contributed by atoms with E-state index in [0.29, 0.717) is 12.1 Å². The molecule has 0 amide bonds. The Kier molecular flexibility index (Phi) is 3.32. The summed E-state index contributed by atoms with van der Waals surface area (Å²) in [6, 6.07) is 1.23. The first-order valence-electron chi connectivity index (χ1n) is 7.83. The Morgan fingerprint density at radius 1 is 1.20 bits per heavy atom. The van der Waals surface area contributed by atoms with Crippen molar-refractivity contribution in [1.29, 1.82) is 0 Å². The molecular weight excluding hydrogens is 252 g/mol. The molecule has 5 nitrogen and oxygen atoms in total. The zero-order valence-corrected chi connectivity index (χ0v) is 11.8. The van der Waals surface area contributed by atoms with Gasteiger partial charge < -0.3 is 15.0 Å². The van der Waals surface area contributed by atoms with Crippen molar-refractivity contribution in [2.75, 3.05) is 18.1 Å². The highest BCUT2D eigenvalue weighted by molar-refractivity contribution is 5.39. The molecule has 0 aromatic carbocycles. The summed E-state index contributed by atoms with van der Waals surface area (Å²) < 4.78 is 5.85. The third-order valence-electron chi connectivity index (χ3n) is 4.62. The van der Waals surface area contributed by atoms with Crippen LogP contribution in [0.5, 0.6) is 0 Å². The summed E-state index contributed by atoms with van der Waals surface area (Å²) in [7, 11) is 0. The summed E-state index contributed by atoms with van der Waals surface area (Å²) in [5.41, 5.74) is 1.04. The second-order valence-electron chi connectivity index (χ2n) is 6.12. The molecule has 4 rings (SSSR count). The molecule has 1 aliphatic heterocycles. The molecule has 3 fully saturated rings. The van der Waals surface area contributed by atoms with Crippen molar-refractivity contribution in [3.63, 3.8) is 0 Å². The highest BCUT2D eigenvalue weighted by Gasteiger charge is 2.36. The Bertz CT molecular complexity index is 459. The van der Waals surface area contributed by atoms with E-state index in [1.165, 1.54) is 32.1 Å². The lowest BCUT2D eigenvalue weighted by Gasteiger charge is -2.38. The summed E-state index contributed by atoms with van der Waals surface area (Å²) in [5.74, 6) is 1.01. The highest BCUT2D eigenvalue weighted by atomic mass is 16.5. The molecule has 3 aliphatic rings. The van der Waals surface area contributed by atoms with Gasteiger partial charge in [0, 0.05) is 19.1 Å². The molecule has 1 aromatic rings. The van der Waals surface area contributed by atoms with Crippen LogP contribution in [0.2, 0.25) is 0 Å². The van der Waals surface area contributed by atoms with Crippen LogP contribution in [0.3, 0.4) is 0 Å². The van der Waals surface area contributed by atoms with Crippen molar-refractivity contribution in [1.82, 2.24) is 15.3 Å². The molecule has 0 spiro atoms. The zero-order valence-electron chi connectivity index (χ0n) is 11.8. The van der Waals surface area contributed by atoms with Gasteiger partial charge in [0.25, 0.3) is 0 Å². The molecule has 1 saturated heterocycles. The standard InChI is InChI=1S/C15H22N4O/c1-2-13-14(3-1)20-7-6-19(13)15-10-17-12(9-18-15)8-16-11-4-5-11/h9-11,13-14,16H,1-8H2. The van der Waals surface area contributed by atoms with Gasteiger partial charge in [-0.3, -0.25) is 4.98 Å².